The van der Waals surface area contributed by atoms with E-state index in [0.29, 0.717) is 6.54 Å². The number of fused-ring (bicyclic) bond motifs is 1. The summed E-state index contributed by atoms with van der Waals surface area (Å²) in [6, 6.07) is 33.8. The molecule has 0 aliphatic rings. The molecule has 0 radical (unpaired) electrons. The number of nitrogens with zero attached hydrogens (tertiary/aromatic N) is 1. The molecular formula is C28H26N4. The molecule has 4 N–H and O–H groups in total. The predicted molar refractivity (Wildman–Crippen MR) is 132 cm³/mol. The SMILES string of the molecule is NCc1ccc(CNCc2cccc(-c3cccc(-c4nc5ccccc5[nH]4)c3)c2)cc1. The number of aromatic nitrogens is 2. The molecule has 5 rings (SSSR count). The highest BCUT2D eigenvalue weighted by atomic mass is 14.9. The molecule has 0 atom stereocenters. The quantitative estimate of drug-likeness (QED) is 0.320. The Labute approximate surface area is 188 Å². The van der Waals surface area contributed by atoms with Gasteiger partial charge in [0.2, 0.25) is 0 Å². The van der Waals surface area contributed by atoms with Crippen molar-refractivity contribution < 1.29 is 0 Å². The summed E-state index contributed by atoms with van der Waals surface area (Å²) in [5.74, 6) is 0.895. The lowest BCUT2D eigenvalue weighted by atomic mass is 10.0. The zero-order valence-electron chi connectivity index (χ0n) is 17.9. The van der Waals surface area contributed by atoms with Gasteiger partial charge in [0.15, 0.2) is 0 Å². The van der Waals surface area contributed by atoms with Gasteiger partial charge in [-0.1, -0.05) is 72.8 Å². The van der Waals surface area contributed by atoms with Crippen LogP contribution < -0.4 is 11.1 Å². The van der Waals surface area contributed by atoms with Crippen molar-refractivity contribution >= 4 is 11.0 Å². The first-order valence-electron chi connectivity index (χ1n) is 10.9. The summed E-state index contributed by atoms with van der Waals surface area (Å²) in [6.45, 7) is 2.23. The van der Waals surface area contributed by atoms with Crippen LogP contribution in [-0.2, 0) is 19.6 Å². The molecule has 4 heteroatoms. The summed E-state index contributed by atoms with van der Waals surface area (Å²) in [5, 5.41) is 3.54. The third-order valence-electron chi connectivity index (χ3n) is 5.70. The first kappa shape index (κ1) is 20.2. The number of H-pyrrole nitrogens is 1. The Morgan fingerprint density at radius 2 is 1.34 bits per heavy atom. The summed E-state index contributed by atoms with van der Waals surface area (Å²) >= 11 is 0. The topological polar surface area (TPSA) is 66.7 Å². The van der Waals surface area contributed by atoms with Crippen LogP contribution in [-0.4, -0.2) is 9.97 Å². The minimum Gasteiger partial charge on any atom is -0.338 e. The highest BCUT2D eigenvalue weighted by Crippen LogP contribution is 2.27. The minimum atomic E-state index is 0.581. The number of nitrogens with two attached hydrogens (primary N) is 1. The molecule has 1 heterocycles. The van der Waals surface area contributed by atoms with Crippen LogP contribution in [0.5, 0.6) is 0 Å². The number of aromatic amines is 1. The zero-order valence-corrected chi connectivity index (χ0v) is 17.9. The summed E-state index contributed by atoms with van der Waals surface area (Å²) in [5.41, 5.74) is 14.9. The maximum atomic E-state index is 5.68. The number of benzene rings is 4. The van der Waals surface area contributed by atoms with Crippen molar-refractivity contribution in [1.82, 2.24) is 15.3 Å². The van der Waals surface area contributed by atoms with E-state index in [1.807, 2.05) is 18.2 Å². The fourth-order valence-electron chi connectivity index (χ4n) is 3.94. The number of para-hydroxylation sites is 2. The lowest BCUT2D eigenvalue weighted by molar-refractivity contribution is 0.693. The van der Waals surface area contributed by atoms with Crippen LogP contribution in [0.4, 0.5) is 0 Å². The summed E-state index contributed by atoms with van der Waals surface area (Å²) in [4.78, 5) is 8.17. The molecule has 0 aliphatic heterocycles. The third kappa shape index (κ3) is 4.47. The highest BCUT2D eigenvalue weighted by molar-refractivity contribution is 5.80. The van der Waals surface area contributed by atoms with E-state index in [1.165, 1.54) is 22.3 Å². The largest absolute Gasteiger partial charge is 0.338 e. The van der Waals surface area contributed by atoms with Gasteiger partial charge in [0.05, 0.1) is 11.0 Å². The van der Waals surface area contributed by atoms with Crippen LogP contribution in [0.3, 0.4) is 0 Å². The lowest BCUT2D eigenvalue weighted by Gasteiger charge is -2.09. The monoisotopic (exact) mass is 418 g/mol. The van der Waals surface area contributed by atoms with E-state index in [1.54, 1.807) is 0 Å². The second kappa shape index (κ2) is 9.18. The fourth-order valence-corrected chi connectivity index (χ4v) is 3.94. The van der Waals surface area contributed by atoms with Gasteiger partial charge in [0, 0.05) is 25.2 Å². The molecule has 1 aromatic heterocycles. The Balaban J connectivity index is 1.31. The summed E-state index contributed by atoms with van der Waals surface area (Å²) in [6.07, 6.45) is 0. The molecule has 4 nitrogen and oxygen atoms in total. The van der Waals surface area contributed by atoms with Gasteiger partial charge in [-0.3, -0.25) is 0 Å². The fraction of sp³-hybridized carbons (Fsp3) is 0.107. The van der Waals surface area contributed by atoms with Crippen molar-refractivity contribution in [2.75, 3.05) is 0 Å². The van der Waals surface area contributed by atoms with Crippen molar-refractivity contribution in [2.24, 2.45) is 5.73 Å². The molecule has 0 unspecified atom stereocenters. The molecule has 4 aromatic carbocycles. The Hall–Kier alpha value is -3.73. The number of imidazole rings is 1. The van der Waals surface area contributed by atoms with Crippen LogP contribution in [0, 0.1) is 0 Å². The molecule has 0 bridgehead atoms. The van der Waals surface area contributed by atoms with E-state index < -0.39 is 0 Å². The molecule has 32 heavy (non-hydrogen) atoms. The van der Waals surface area contributed by atoms with Crippen LogP contribution in [0.1, 0.15) is 16.7 Å². The molecule has 5 aromatic rings. The second-order valence-electron chi connectivity index (χ2n) is 8.01. The molecule has 0 saturated carbocycles. The van der Waals surface area contributed by atoms with Crippen molar-refractivity contribution in [2.45, 2.75) is 19.6 Å². The second-order valence-corrected chi connectivity index (χ2v) is 8.01. The van der Waals surface area contributed by atoms with Gasteiger partial charge in [0.1, 0.15) is 5.82 Å². The standard InChI is InChI=1S/C28H26N4/c29-17-20-11-13-21(14-12-20)18-30-19-22-5-3-6-23(15-22)24-7-4-8-25(16-24)28-31-26-9-1-2-10-27(26)32-28/h1-16,30H,17-19,29H2,(H,31,32). The number of nitrogens with one attached hydrogen (secondary N) is 2. The van der Waals surface area contributed by atoms with E-state index in [4.69, 9.17) is 10.7 Å². The number of hydrogen-bond donors (Lipinski definition) is 3. The molecule has 0 amide bonds. The molecular weight excluding hydrogens is 392 g/mol. The van der Waals surface area contributed by atoms with Crippen LogP contribution in [0.2, 0.25) is 0 Å². The van der Waals surface area contributed by atoms with Crippen LogP contribution in [0.25, 0.3) is 33.5 Å². The Morgan fingerprint density at radius 3 is 2.16 bits per heavy atom. The highest BCUT2D eigenvalue weighted by Gasteiger charge is 2.07. The van der Waals surface area contributed by atoms with Crippen molar-refractivity contribution in [3.63, 3.8) is 0 Å². The van der Waals surface area contributed by atoms with E-state index in [-0.39, 0.29) is 0 Å². The maximum Gasteiger partial charge on any atom is 0.138 e. The molecule has 0 spiro atoms. The minimum absolute atomic E-state index is 0.581. The van der Waals surface area contributed by atoms with Gasteiger partial charge < -0.3 is 16.0 Å². The zero-order chi connectivity index (χ0) is 21.8. The summed E-state index contributed by atoms with van der Waals surface area (Å²) in [7, 11) is 0. The van der Waals surface area contributed by atoms with E-state index >= 15 is 0 Å². The van der Waals surface area contributed by atoms with Gasteiger partial charge in [-0.05, 0) is 52.1 Å². The molecule has 0 fully saturated rings. The van der Waals surface area contributed by atoms with Gasteiger partial charge in [-0.15, -0.1) is 0 Å². The lowest BCUT2D eigenvalue weighted by Crippen LogP contribution is -2.12. The van der Waals surface area contributed by atoms with Crippen molar-refractivity contribution in [1.29, 1.82) is 0 Å². The first-order valence-corrected chi connectivity index (χ1v) is 10.9. The Bertz CT molecular complexity index is 1300. The van der Waals surface area contributed by atoms with Gasteiger partial charge in [0.25, 0.3) is 0 Å². The average molecular weight is 419 g/mol. The molecule has 0 saturated heterocycles. The molecule has 0 aliphatic carbocycles. The number of rotatable bonds is 7. The van der Waals surface area contributed by atoms with Crippen molar-refractivity contribution in [3.8, 4) is 22.5 Å². The normalized spacial score (nSPS) is 11.2. The Morgan fingerprint density at radius 1 is 0.656 bits per heavy atom. The predicted octanol–water partition coefficient (Wildman–Crippen LogP) is 5.65. The van der Waals surface area contributed by atoms with E-state index in [2.05, 4.69) is 89.2 Å². The Kier molecular flexibility index (Phi) is 5.79. The smallest absolute Gasteiger partial charge is 0.138 e. The average Bonchev–Trinajstić information content (AvgIpc) is 3.29. The number of hydrogen-bond acceptors (Lipinski definition) is 3. The molecule has 158 valence electrons. The van der Waals surface area contributed by atoms with Crippen LogP contribution >= 0.6 is 0 Å². The first-order chi connectivity index (χ1) is 15.8. The van der Waals surface area contributed by atoms with Gasteiger partial charge in [-0.25, -0.2) is 4.98 Å². The van der Waals surface area contributed by atoms with Gasteiger partial charge >= 0.3 is 0 Å². The van der Waals surface area contributed by atoms with E-state index in [0.717, 1.165) is 41.1 Å². The summed E-state index contributed by atoms with van der Waals surface area (Å²) < 4.78 is 0. The van der Waals surface area contributed by atoms with Crippen molar-refractivity contribution in [3.05, 3.63) is 114 Å². The van der Waals surface area contributed by atoms with Crippen LogP contribution in [0.15, 0.2) is 97.1 Å². The van der Waals surface area contributed by atoms with E-state index in [9.17, 15) is 0 Å². The van der Waals surface area contributed by atoms with Gasteiger partial charge in [-0.2, -0.15) is 0 Å². The maximum absolute atomic E-state index is 5.68. The third-order valence-corrected chi connectivity index (χ3v) is 5.70.